The topological polar surface area (TPSA) is 48.1 Å². The van der Waals surface area contributed by atoms with E-state index in [1.54, 1.807) is 7.11 Å². The molecule has 1 atom stereocenters. The minimum absolute atomic E-state index is 0.166. The van der Waals surface area contributed by atoms with E-state index < -0.39 is 0 Å². The fourth-order valence-electron chi connectivity index (χ4n) is 2.40. The van der Waals surface area contributed by atoms with Gasteiger partial charge in [0.1, 0.15) is 11.3 Å². The van der Waals surface area contributed by atoms with Crippen molar-refractivity contribution in [2.75, 3.05) is 7.11 Å². The molecule has 0 aliphatic carbocycles. The summed E-state index contributed by atoms with van der Waals surface area (Å²) in [5.41, 5.74) is 8.10. The largest absolute Gasteiger partial charge is 0.494 e. The van der Waals surface area contributed by atoms with Gasteiger partial charge in [-0.2, -0.15) is 0 Å². The molecule has 102 valence electrons. The zero-order chi connectivity index (χ0) is 13.8. The Kier molecular flexibility index (Phi) is 4.38. The maximum atomic E-state index is 6.15. The van der Waals surface area contributed by atoms with Crippen LogP contribution >= 0.6 is 0 Å². The zero-order valence-electron chi connectivity index (χ0n) is 11.9. The molecule has 2 aromatic rings. The van der Waals surface area contributed by atoms with Gasteiger partial charge in [0.25, 0.3) is 0 Å². The molecule has 1 aromatic carbocycles. The van der Waals surface area contributed by atoms with Crippen LogP contribution in [-0.2, 0) is 6.42 Å². The summed E-state index contributed by atoms with van der Waals surface area (Å²) in [6.07, 6.45) is 1.83. The van der Waals surface area contributed by atoms with Gasteiger partial charge in [-0.1, -0.05) is 32.0 Å². The molecule has 1 unspecified atom stereocenters. The molecule has 0 saturated carbocycles. The van der Waals surface area contributed by atoms with Gasteiger partial charge in [-0.3, -0.25) is 0 Å². The van der Waals surface area contributed by atoms with Crippen molar-refractivity contribution >= 4 is 10.9 Å². The van der Waals surface area contributed by atoms with Crippen LogP contribution in [0.4, 0.5) is 0 Å². The van der Waals surface area contributed by atoms with Gasteiger partial charge in [0, 0.05) is 23.5 Å². The van der Waals surface area contributed by atoms with E-state index in [1.165, 1.54) is 0 Å². The van der Waals surface area contributed by atoms with Gasteiger partial charge in [0.05, 0.1) is 7.11 Å². The smallest absolute Gasteiger partial charge is 0.145 e. The lowest BCUT2D eigenvalue weighted by Crippen LogP contribution is -2.25. The average molecular weight is 258 g/mol. The predicted octanol–water partition coefficient (Wildman–Crippen LogP) is 3.16. The number of methoxy groups -OCH3 is 1. The molecule has 1 aromatic heterocycles. The summed E-state index contributed by atoms with van der Waals surface area (Å²) < 4.78 is 5.36. The number of nitrogens with two attached hydrogens (primary N) is 1. The van der Waals surface area contributed by atoms with Gasteiger partial charge in [-0.15, -0.1) is 0 Å². The minimum atomic E-state index is 0.166. The molecule has 0 fully saturated rings. The number of para-hydroxylation sites is 1. The molecule has 0 saturated heterocycles. The average Bonchev–Trinajstić information content (AvgIpc) is 2.36. The molecule has 2 N–H and O–H groups in total. The minimum Gasteiger partial charge on any atom is -0.494 e. The molecule has 1 heterocycles. The number of benzene rings is 1. The van der Waals surface area contributed by atoms with E-state index in [-0.39, 0.29) is 6.04 Å². The second kappa shape index (κ2) is 6.02. The van der Waals surface area contributed by atoms with E-state index in [0.717, 1.165) is 35.2 Å². The first-order valence-corrected chi connectivity index (χ1v) is 6.78. The van der Waals surface area contributed by atoms with Crippen LogP contribution in [-0.4, -0.2) is 18.1 Å². The van der Waals surface area contributed by atoms with Crippen LogP contribution in [0, 0.1) is 5.92 Å². The first-order valence-electron chi connectivity index (χ1n) is 6.78. The number of aromatic nitrogens is 1. The highest BCUT2D eigenvalue weighted by Gasteiger charge is 2.09. The molecule has 0 amide bonds. The number of pyridine rings is 1. The third-order valence-corrected chi connectivity index (χ3v) is 3.21. The standard InChI is InChI=1S/C16H22N2O/c1-11(2)9-13(17)10-14-8-7-12-5-4-6-15(19-3)16(12)18-14/h4-8,11,13H,9-10,17H2,1-3H3. The first kappa shape index (κ1) is 13.8. The number of hydrogen-bond donors (Lipinski definition) is 1. The zero-order valence-corrected chi connectivity index (χ0v) is 11.9. The maximum Gasteiger partial charge on any atom is 0.145 e. The SMILES string of the molecule is COc1cccc2ccc(CC(N)CC(C)C)nc12. The maximum absolute atomic E-state index is 6.15. The number of fused-ring (bicyclic) bond motifs is 1. The third kappa shape index (κ3) is 3.44. The number of nitrogens with zero attached hydrogens (tertiary/aromatic N) is 1. The summed E-state index contributed by atoms with van der Waals surface area (Å²) in [6, 6.07) is 10.3. The summed E-state index contributed by atoms with van der Waals surface area (Å²) in [6.45, 7) is 4.38. The van der Waals surface area contributed by atoms with E-state index >= 15 is 0 Å². The lowest BCUT2D eigenvalue weighted by atomic mass is 10.00. The van der Waals surface area contributed by atoms with Gasteiger partial charge < -0.3 is 10.5 Å². The highest BCUT2D eigenvalue weighted by Crippen LogP contribution is 2.24. The summed E-state index contributed by atoms with van der Waals surface area (Å²) in [4.78, 5) is 4.69. The molecule has 2 rings (SSSR count). The van der Waals surface area contributed by atoms with Crippen molar-refractivity contribution in [3.05, 3.63) is 36.0 Å². The van der Waals surface area contributed by atoms with Gasteiger partial charge >= 0.3 is 0 Å². The van der Waals surface area contributed by atoms with Crippen molar-refractivity contribution in [1.29, 1.82) is 0 Å². The van der Waals surface area contributed by atoms with E-state index in [4.69, 9.17) is 10.5 Å². The Bertz CT molecular complexity index is 551. The van der Waals surface area contributed by atoms with Crippen molar-refractivity contribution in [1.82, 2.24) is 4.98 Å². The quantitative estimate of drug-likeness (QED) is 0.896. The van der Waals surface area contributed by atoms with E-state index in [9.17, 15) is 0 Å². The molecule has 0 radical (unpaired) electrons. The highest BCUT2D eigenvalue weighted by atomic mass is 16.5. The van der Waals surface area contributed by atoms with Crippen molar-refractivity contribution in [3.8, 4) is 5.75 Å². The van der Waals surface area contributed by atoms with E-state index in [1.807, 2.05) is 18.2 Å². The Morgan fingerprint density at radius 2 is 2.00 bits per heavy atom. The molecular weight excluding hydrogens is 236 g/mol. The molecule has 0 spiro atoms. The number of ether oxygens (including phenoxy) is 1. The normalized spacial score (nSPS) is 12.9. The van der Waals surface area contributed by atoms with E-state index in [2.05, 4.69) is 31.0 Å². The summed E-state index contributed by atoms with van der Waals surface area (Å²) in [7, 11) is 1.67. The monoisotopic (exact) mass is 258 g/mol. The summed E-state index contributed by atoms with van der Waals surface area (Å²) in [5, 5.41) is 1.10. The molecule has 0 aliphatic heterocycles. The number of rotatable bonds is 5. The third-order valence-electron chi connectivity index (χ3n) is 3.21. The Labute approximate surface area is 114 Å². The molecule has 3 heteroatoms. The first-order chi connectivity index (χ1) is 9.10. The van der Waals surface area contributed by atoms with Crippen LogP contribution < -0.4 is 10.5 Å². The molecule has 0 bridgehead atoms. The van der Waals surface area contributed by atoms with E-state index in [0.29, 0.717) is 5.92 Å². The number of hydrogen-bond acceptors (Lipinski definition) is 3. The van der Waals surface area contributed by atoms with Gasteiger partial charge in [0.2, 0.25) is 0 Å². The fraction of sp³-hybridized carbons (Fsp3) is 0.438. The fourth-order valence-corrected chi connectivity index (χ4v) is 2.40. The lowest BCUT2D eigenvalue weighted by Gasteiger charge is -2.14. The van der Waals surface area contributed by atoms with Crippen LogP contribution in [0.2, 0.25) is 0 Å². The highest BCUT2D eigenvalue weighted by molar-refractivity contribution is 5.84. The second-order valence-corrected chi connectivity index (χ2v) is 5.43. The molecule has 3 nitrogen and oxygen atoms in total. The van der Waals surface area contributed by atoms with Crippen LogP contribution in [0.15, 0.2) is 30.3 Å². The van der Waals surface area contributed by atoms with Gasteiger partial charge in [-0.25, -0.2) is 4.98 Å². The van der Waals surface area contributed by atoms with Gasteiger partial charge in [-0.05, 0) is 24.5 Å². The Hall–Kier alpha value is -1.61. The van der Waals surface area contributed by atoms with Crippen molar-refractivity contribution in [3.63, 3.8) is 0 Å². The van der Waals surface area contributed by atoms with Crippen LogP contribution in [0.5, 0.6) is 5.75 Å². The van der Waals surface area contributed by atoms with Crippen LogP contribution in [0.3, 0.4) is 0 Å². The lowest BCUT2D eigenvalue weighted by molar-refractivity contribution is 0.418. The molecular formula is C16H22N2O. The Morgan fingerprint density at radius 1 is 1.21 bits per heavy atom. The summed E-state index contributed by atoms with van der Waals surface area (Å²) >= 11 is 0. The summed E-state index contributed by atoms with van der Waals surface area (Å²) in [5.74, 6) is 1.43. The van der Waals surface area contributed by atoms with Crippen molar-refractivity contribution in [2.45, 2.75) is 32.7 Å². The molecule has 19 heavy (non-hydrogen) atoms. The van der Waals surface area contributed by atoms with Crippen LogP contribution in [0.1, 0.15) is 26.0 Å². The van der Waals surface area contributed by atoms with Crippen molar-refractivity contribution < 1.29 is 4.74 Å². The molecule has 0 aliphatic rings. The van der Waals surface area contributed by atoms with Gasteiger partial charge in [0.15, 0.2) is 0 Å². The Morgan fingerprint density at radius 3 is 2.68 bits per heavy atom. The predicted molar refractivity (Wildman–Crippen MR) is 79.4 cm³/mol. The van der Waals surface area contributed by atoms with Crippen molar-refractivity contribution in [2.24, 2.45) is 11.7 Å². The van der Waals surface area contributed by atoms with Crippen LogP contribution in [0.25, 0.3) is 10.9 Å². The second-order valence-electron chi connectivity index (χ2n) is 5.43. The Balaban J connectivity index is 2.25.